The van der Waals surface area contributed by atoms with Gasteiger partial charge in [-0.2, -0.15) is 0 Å². The van der Waals surface area contributed by atoms with E-state index in [0.29, 0.717) is 6.42 Å². The topological polar surface area (TPSA) is 116 Å². The van der Waals surface area contributed by atoms with Crippen molar-refractivity contribution in [3.8, 4) is 0 Å². The first kappa shape index (κ1) is 14.3. The fraction of sp³-hybridized carbons (Fsp3) is 0.900. The van der Waals surface area contributed by atoms with Gasteiger partial charge in [0.05, 0.1) is 18.8 Å². The molecule has 0 bridgehead atoms. The molecule has 7 nitrogen and oxygen atoms in total. The Labute approximate surface area is 98.6 Å². The number of carbonyl (C=O) groups is 1. The monoisotopic (exact) mass is 250 g/mol. The summed E-state index contributed by atoms with van der Waals surface area (Å²) in [5, 5.41) is 36.9. The number of aliphatic carboxylic acids is 1. The Hall–Kier alpha value is -0.730. The summed E-state index contributed by atoms with van der Waals surface area (Å²) in [5.74, 6) is -1.50. The van der Waals surface area contributed by atoms with Gasteiger partial charge >= 0.3 is 5.97 Å². The molecule has 0 spiro atoms. The maximum Gasteiger partial charge on any atom is 0.329 e. The maximum absolute atomic E-state index is 10.3. The van der Waals surface area contributed by atoms with E-state index in [0.717, 1.165) is 0 Å². The summed E-state index contributed by atoms with van der Waals surface area (Å²) in [6.07, 6.45) is -4.05. The van der Waals surface area contributed by atoms with Crippen molar-refractivity contribution < 1.29 is 34.7 Å². The molecule has 1 saturated heterocycles. The van der Waals surface area contributed by atoms with Gasteiger partial charge in [-0.3, -0.25) is 0 Å². The molecule has 0 saturated carbocycles. The van der Waals surface area contributed by atoms with E-state index in [-0.39, 0.29) is 6.61 Å². The van der Waals surface area contributed by atoms with Gasteiger partial charge < -0.3 is 29.9 Å². The molecule has 4 N–H and O–H groups in total. The lowest BCUT2D eigenvalue weighted by molar-refractivity contribution is -0.276. The molecule has 1 rings (SSSR count). The van der Waals surface area contributed by atoms with E-state index in [1.54, 1.807) is 6.92 Å². The van der Waals surface area contributed by atoms with E-state index in [4.69, 9.17) is 14.6 Å². The Balaban J connectivity index is 2.53. The average molecular weight is 250 g/mol. The third kappa shape index (κ3) is 3.62. The summed E-state index contributed by atoms with van der Waals surface area (Å²) < 4.78 is 9.95. The van der Waals surface area contributed by atoms with Gasteiger partial charge in [0.1, 0.15) is 12.7 Å². The number of aliphatic hydroxyl groups excluding tert-OH is 3. The van der Waals surface area contributed by atoms with Crippen LogP contribution in [-0.2, 0) is 14.3 Å². The number of hydrogen-bond acceptors (Lipinski definition) is 6. The summed E-state index contributed by atoms with van der Waals surface area (Å²) in [5.41, 5.74) is 0. The van der Waals surface area contributed by atoms with Crippen molar-refractivity contribution in [2.45, 2.75) is 37.9 Å². The lowest BCUT2D eigenvalue weighted by atomic mass is 9.87. The molecular formula is C10H18O7. The third-order valence-corrected chi connectivity index (χ3v) is 2.85. The van der Waals surface area contributed by atoms with Crippen LogP contribution < -0.4 is 0 Å². The van der Waals surface area contributed by atoms with Crippen LogP contribution in [0.25, 0.3) is 0 Å². The fourth-order valence-electron chi connectivity index (χ4n) is 1.93. The largest absolute Gasteiger partial charge is 0.480 e. The lowest BCUT2D eigenvalue weighted by Gasteiger charge is -2.40. The normalized spacial score (nSPS) is 38.0. The number of carboxylic acid groups (broad SMARTS) is 1. The minimum atomic E-state index is -1.48. The van der Waals surface area contributed by atoms with Gasteiger partial charge in [0.2, 0.25) is 0 Å². The van der Waals surface area contributed by atoms with E-state index >= 15 is 0 Å². The van der Waals surface area contributed by atoms with Crippen LogP contribution in [-0.4, -0.2) is 64.2 Å². The van der Waals surface area contributed by atoms with E-state index in [9.17, 15) is 20.1 Å². The second kappa shape index (κ2) is 6.27. The highest BCUT2D eigenvalue weighted by Crippen LogP contribution is 2.27. The van der Waals surface area contributed by atoms with Gasteiger partial charge in [-0.05, 0) is 6.42 Å². The minimum absolute atomic E-state index is 0.0500. The summed E-state index contributed by atoms with van der Waals surface area (Å²) in [6, 6.07) is 0. The van der Waals surface area contributed by atoms with E-state index in [1.165, 1.54) is 0 Å². The molecule has 0 radical (unpaired) electrons. The molecule has 1 fully saturated rings. The molecule has 17 heavy (non-hydrogen) atoms. The molecule has 7 heteroatoms. The highest BCUT2D eigenvalue weighted by molar-refractivity contribution is 5.67. The van der Waals surface area contributed by atoms with Crippen molar-refractivity contribution in [3.63, 3.8) is 0 Å². The number of ether oxygens (including phenoxy) is 2. The van der Waals surface area contributed by atoms with Crippen molar-refractivity contribution >= 4 is 5.97 Å². The summed E-state index contributed by atoms with van der Waals surface area (Å²) in [6.45, 7) is 1.28. The van der Waals surface area contributed by atoms with Crippen LogP contribution in [0, 0.1) is 5.92 Å². The molecule has 0 aromatic rings. The van der Waals surface area contributed by atoms with Crippen LogP contribution in [0.15, 0.2) is 0 Å². The molecule has 1 aliphatic rings. The van der Waals surface area contributed by atoms with Crippen LogP contribution in [0.1, 0.15) is 13.3 Å². The second-order valence-electron chi connectivity index (χ2n) is 4.03. The smallest absolute Gasteiger partial charge is 0.329 e. The Kier molecular flexibility index (Phi) is 5.29. The molecule has 1 aliphatic heterocycles. The van der Waals surface area contributed by atoms with Gasteiger partial charge in [0, 0.05) is 5.92 Å². The van der Waals surface area contributed by atoms with Gasteiger partial charge in [0.25, 0.3) is 0 Å². The fourth-order valence-corrected chi connectivity index (χ4v) is 1.93. The summed E-state index contributed by atoms with van der Waals surface area (Å²) in [7, 11) is 0. The minimum Gasteiger partial charge on any atom is -0.480 e. The number of hydrogen-bond donors (Lipinski definition) is 4. The first-order valence-electron chi connectivity index (χ1n) is 5.46. The molecule has 100 valence electrons. The Morgan fingerprint density at radius 3 is 2.47 bits per heavy atom. The average Bonchev–Trinajstić information content (AvgIpc) is 2.26. The van der Waals surface area contributed by atoms with Crippen molar-refractivity contribution in [3.05, 3.63) is 0 Å². The van der Waals surface area contributed by atoms with Crippen molar-refractivity contribution in [2.75, 3.05) is 13.2 Å². The number of carboxylic acids is 1. The zero-order valence-corrected chi connectivity index (χ0v) is 9.52. The Morgan fingerprint density at radius 1 is 1.29 bits per heavy atom. The molecule has 0 aromatic heterocycles. The van der Waals surface area contributed by atoms with Gasteiger partial charge in [-0.15, -0.1) is 0 Å². The van der Waals surface area contributed by atoms with E-state index in [2.05, 4.69) is 0 Å². The molecule has 0 aromatic carbocycles. The Bertz CT molecular complexity index is 257. The molecule has 5 atom stereocenters. The molecule has 1 heterocycles. The summed E-state index contributed by atoms with van der Waals surface area (Å²) in [4.78, 5) is 10.3. The van der Waals surface area contributed by atoms with E-state index in [1.807, 2.05) is 0 Å². The zero-order chi connectivity index (χ0) is 13.0. The Morgan fingerprint density at radius 2 is 1.94 bits per heavy atom. The third-order valence-electron chi connectivity index (χ3n) is 2.85. The SMILES string of the molecule is CCC1C(COCC(=O)O)OC(O)C(O)C1O. The highest BCUT2D eigenvalue weighted by atomic mass is 16.6. The predicted octanol–water partition coefficient (Wildman–Crippen LogP) is -1.45. The van der Waals surface area contributed by atoms with Crippen LogP contribution in [0.3, 0.4) is 0 Å². The first-order chi connectivity index (χ1) is 7.97. The quantitative estimate of drug-likeness (QED) is 0.471. The van der Waals surface area contributed by atoms with Crippen LogP contribution in [0.2, 0.25) is 0 Å². The van der Waals surface area contributed by atoms with Crippen molar-refractivity contribution in [2.24, 2.45) is 5.92 Å². The molecule has 5 unspecified atom stereocenters. The van der Waals surface area contributed by atoms with Crippen molar-refractivity contribution in [1.29, 1.82) is 0 Å². The van der Waals surface area contributed by atoms with Gasteiger partial charge in [-0.25, -0.2) is 4.79 Å². The highest BCUT2D eigenvalue weighted by Gasteiger charge is 2.42. The molecular weight excluding hydrogens is 232 g/mol. The maximum atomic E-state index is 10.3. The predicted molar refractivity (Wildman–Crippen MR) is 55.1 cm³/mol. The van der Waals surface area contributed by atoms with Crippen LogP contribution in [0.5, 0.6) is 0 Å². The van der Waals surface area contributed by atoms with Gasteiger partial charge in [0.15, 0.2) is 6.29 Å². The van der Waals surface area contributed by atoms with Crippen LogP contribution in [0.4, 0.5) is 0 Å². The molecule has 0 amide bonds. The van der Waals surface area contributed by atoms with Crippen molar-refractivity contribution in [1.82, 2.24) is 0 Å². The number of rotatable bonds is 5. The van der Waals surface area contributed by atoms with Crippen LogP contribution >= 0.6 is 0 Å². The zero-order valence-electron chi connectivity index (χ0n) is 9.52. The van der Waals surface area contributed by atoms with Gasteiger partial charge in [-0.1, -0.05) is 6.92 Å². The lowest BCUT2D eigenvalue weighted by Crippen LogP contribution is -2.55. The standard InChI is InChI=1S/C10H18O7/c1-2-5-6(3-16-4-7(11)12)17-10(15)9(14)8(5)13/h5-6,8-10,13-15H,2-4H2,1H3,(H,11,12). The number of aliphatic hydroxyl groups is 3. The molecule has 0 aliphatic carbocycles. The second-order valence-corrected chi connectivity index (χ2v) is 4.03. The first-order valence-corrected chi connectivity index (χ1v) is 5.46. The van der Waals surface area contributed by atoms with E-state index < -0.39 is 43.1 Å². The summed E-state index contributed by atoms with van der Waals surface area (Å²) >= 11 is 0.